The number of fused-ring (bicyclic) bond motifs is 3. The van der Waals surface area contributed by atoms with Gasteiger partial charge in [0.25, 0.3) is 5.56 Å². The van der Waals surface area contributed by atoms with E-state index in [0.29, 0.717) is 12.5 Å². The van der Waals surface area contributed by atoms with Crippen LogP contribution in [0.2, 0.25) is 0 Å². The lowest BCUT2D eigenvalue weighted by Gasteiger charge is -2.26. The Morgan fingerprint density at radius 2 is 2.17 bits per heavy atom. The van der Waals surface area contributed by atoms with E-state index in [1.54, 1.807) is 23.1 Å². The third kappa shape index (κ3) is 4.23. The molecule has 0 N–H and O–H groups in total. The van der Waals surface area contributed by atoms with Gasteiger partial charge >= 0.3 is 0 Å². The quantitative estimate of drug-likeness (QED) is 0.251. The maximum Gasteiger partial charge on any atom is 0.267 e. The third-order valence-electron chi connectivity index (χ3n) is 5.69. The van der Waals surface area contributed by atoms with Gasteiger partial charge in [-0.25, -0.2) is 4.98 Å². The minimum absolute atomic E-state index is 0.0606. The highest BCUT2D eigenvalue weighted by atomic mass is 32.2. The van der Waals surface area contributed by atoms with E-state index in [2.05, 4.69) is 39.8 Å². The summed E-state index contributed by atoms with van der Waals surface area (Å²) in [6, 6.07) is 8.16. The van der Waals surface area contributed by atoms with Crippen LogP contribution in [0.4, 0.5) is 0 Å². The first kappa shape index (κ1) is 21.6. The van der Waals surface area contributed by atoms with Gasteiger partial charge in [-0.15, -0.1) is 11.3 Å². The van der Waals surface area contributed by atoms with Crippen molar-refractivity contribution in [1.82, 2.24) is 9.55 Å². The zero-order valence-corrected chi connectivity index (χ0v) is 19.9. The number of ether oxygens (including phenoxy) is 1. The van der Waals surface area contributed by atoms with Gasteiger partial charge in [0, 0.05) is 17.1 Å². The highest BCUT2D eigenvalue weighted by Gasteiger charge is 2.28. The Kier molecular flexibility index (Phi) is 6.66. The molecule has 3 heterocycles. The molecule has 1 aliphatic rings. The molecule has 0 spiro atoms. The molecule has 2 aromatic heterocycles. The number of aryl methyl sites for hydroxylation is 1. The number of aromatic nitrogens is 2. The lowest BCUT2D eigenvalue weighted by atomic mass is 9.96. The van der Waals surface area contributed by atoms with Gasteiger partial charge < -0.3 is 4.74 Å². The summed E-state index contributed by atoms with van der Waals surface area (Å²) >= 11 is 3.33. The van der Waals surface area contributed by atoms with Crippen LogP contribution in [0, 0.1) is 12.8 Å². The fraction of sp³-hybridized carbons (Fsp3) is 0.500. The third-order valence-corrected chi connectivity index (χ3v) is 7.82. The van der Waals surface area contributed by atoms with Crippen molar-refractivity contribution in [1.29, 1.82) is 0 Å². The van der Waals surface area contributed by atoms with Gasteiger partial charge in [-0.3, -0.25) is 9.36 Å². The van der Waals surface area contributed by atoms with Gasteiger partial charge in [-0.05, 0) is 42.5 Å². The Labute approximate surface area is 186 Å². The van der Waals surface area contributed by atoms with Crippen molar-refractivity contribution in [3.63, 3.8) is 0 Å². The maximum atomic E-state index is 13.8. The predicted molar refractivity (Wildman–Crippen MR) is 127 cm³/mol. The molecule has 1 atom stereocenters. The number of nitrogens with zero attached hydrogens (tertiary/aromatic N) is 2. The van der Waals surface area contributed by atoms with Crippen LogP contribution in [0.5, 0.6) is 0 Å². The SMILES string of the molecule is CCCCCSc1nc2sc3c(c2c(=O)n1-c1cccc(C)c1)C[C@@H](C(C)C)OC3. The lowest BCUT2D eigenvalue weighted by molar-refractivity contribution is 0.00200. The summed E-state index contributed by atoms with van der Waals surface area (Å²) in [7, 11) is 0. The first-order chi connectivity index (χ1) is 14.5. The molecule has 0 fully saturated rings. The molecule has 160 valence electrons. The number of unbranched alkanes of at least 4 members (excludes halogenated alkanes) is 2. The summed E-state index contributed by atoms with van der Waals surface area (Å²) in [4.78, 5) is 20.9. The van der Waals surface area contributed by atoms with Crippen LogP contribution in [0.25, 0.3) is 15.9 Å². The highest BCUT2D eigenvalue weighted by Crippen LogP contribution is 2.36. The summed E-state index contributed by atoms with van der Waals surface area (Å²) in [5.41, 5.74) is 3.26. The average Bonchev–Trinajstić information content (AvgIpc) is 3.09. The van der Waals surface area contributed by atoms with Crippen molar-refractivity contribution in [2.24, 2.45) is 5.92 Å². The molecule has 1 aliphatic heterocycles. The van der Waals surface area contributed by atoms with Crippen molar-refractivity contribution >= 4 is 33.3 Å². The van der Waals surface area contributed by atoms with E-state index >= 15 is 0 Å². The first-order valence-electron chi connectivity index (χ1n) is 10.9. The molecule has 4 rings (SSSR count). The van der Waals surface area contributed by atoms with Crippen LogP contribution >= 0.6 is 23.1 Å². The standard InChI is InChI=1S/C24H30N2O2S2/c1-5-6-7-11-29-24-25-22-21(18-13-19(15(2)3)28-14-20(18)30-22)23(27)26(24)17-10-8-9-16(4)12-17/h8-10,12,15,19H,5-7,11,13-14H2,1-4H3/t19-/m0/s1. The molecule has 0 aliphatic carbocycles. The minimum Gasteiger partial charge on any atom is -0.372 e. The summed E-state index contributed by atoms with van der Waals surface area (Å²) in [6.45, 7) is 9.21. The molecule has 4 nitrogen and oxygen atoms in total. The van der Waals surface area contributed by atoms with Crippen LogP contribution in [-0.4, -0.2) is 21.4 Å². The highest BCUT2D eigenvalue weighted by molar-refractivity contribution is 7.99. The normalized spacial score (nSPS) is 16.4. The molecule has 0 radical (unpaired) electrons. The van der Waals surface area contributed by atoms with E-state index in [9.17, 15) is 4.79 Å². The second-order valence-corrected chi connectivity index (χ2v) is 10.6. The summed E-state index contributed by atoms with van der Waals surface area (Å²) < 4.78 is 7.89. The largest absolute Gasteiger partial charge is 0.372 e. The number of hydrogen-bond acceptors (Lipinski definition) is 5. The van der Waals surface area contributed by atoms with Gasteiger partial charge in [0.15, 0.2) is 5.16 Å². The molecule has 0 unspecified atom stereocenters. The van der Waals surface area contributed by atoms with Crippen LogP contribution < -0.4 is 5.56 Å². The predicted octanol–water partition coefficient (Wildman–Crippen LogP) is 6.14. The fourth-order valence-corrected chi connectivity index (χ4v) is 6.12. The molecule has 0 amide bonds. The zero-order valence-electron chi connectivity index (χ0n) is 18.2. The molecule has 0 saturated heterocycles. The van der Waals surface area contributed by atoms with E-state index in [0.717, 1.165) is 55.7 Å². The molecule has 0 saturated carbocycles. The second-order valence-electron chi connectivity index (χ2n) is 8.41. The van der Waals surface area contributed by atoms with E-state index < -0.39 is 0 Å². The summed E-state index contributed by atoms with van der Waals surface area (Å²) in [5, 5.41) is 1.59. The fourth-order valence-electron chi connectivity index (χ4n) is 3.94. The number of thiophene rings is 1. The molecule has 1 aromatic carbocycles. The molecular weight excluding hydrogens is 412 g/mol. The number of thioether (sulfide) groups is 1. The van der Waals surface area contributed by atoms with Gasteiger partial charge in [0.2, 0.25) is 0 Å². The van der Waals surface area contributed by atoms with Gasteiger partial charge in [-0.2, -0.15) is 0 Å². The summed E-state index contributed by atoms with van der Waals surface area (Å²) in [6.07, 6.45) is 4.47. The number of rotatable bonds is 7. The monoisotopic (exact) mass is 442 g/mol. The number of hydrogen-bond donors (Lipinski definition) is 0. The zero-order chi connectivity index (χ0) is 21.3. The summed E-state index contributed by atoms with van der Waals surface area (Å²) in [5.74, 6) is 1.40. The Morgan fingerprint density at radius 3 is 2.90 bits per heavy atom. The minimum atomic E-state index is 0.0606. The van der Waals surface area contributed by atoms with Crippen LogP contribution in [-0.2, 0) is 17.8 Å². The van der Waals surface area contributed by atoms with E-state index in [-0.39, 0.29) is 11.7 Å². The molecule has 3 aromatic rings. The van der Waals surface area contributed by atoms with E-state index in [1.807, 2.05) is 16.7 Å². The average molecular weight is 443 g/mol. The van der Waals surface area contributed by atoms with Crippen molar-refractivity contribution < 1.29 is 4.74 Å². The lowest BCUT2D eigenvalue weighted by Crippen LogP contribution is -2.28. The second kappa shape index (κ2) is 9.25. The van der Waals surface area contributed by atoms with Crippen molar-refractivity contribution in [2.75, 3.05) is 5.75 Å². The van der Waals surface area contributed by atoms with Crippen molar-refractivity contribution in [3.8, 4) is 5.69 Å². The molecule has 6 heteroatoms. The van der Waals surface area contributed by atoms with Crippen molar-refractivity contribution in [2.45, 2.75) is 71.2 Å². The van der Waals surface area contributed by atoms with E-state index in [1.165, 1.54) is 12.8 Å². The molecule has 0 bridgehead atoms. The van der Waals surface area contributed by atoms with Crippen LogP contribution in [0.15, 0.2) is 34.2 Å². The van der Waals surface area contributed by atoms with Crippen LogP contribution in [0.1, 0.15) is 56.0 Å². The van der Waals surface area contributed by atoms with Crippen molar-refractivity contribution in [3.05, 3.63) is 50.6 Å². The van der Waals surface area contributed by atoms with Crippen LogP contribution in [0.3, 0.4) is 0 Å². The number of benzene rings is 1. The van der Waals surface area contributed by atoms with Gasteiger partial charge in [-0.1, -0.05) is 57.5 Å². The van der Waals surface area contributed by atoms with E-state index in [4.69, 9.17) is 9.72 Å². The smallest absolute Gasteiger partial charge is 0.267 e. The molecular formula is C24H30N2O2S2. The Bertz CT molecular complexity index is 1100. The van der Waals surface area contributed by atoms with Gasteiger partial charge in [0.1, 0.15) is 4.83 Å². The maximum absolute atomic E-state index is 13.8. The molecule has 30 heavy (non-hydrogen) atoms. The Balaban J connectivity index is 1.86. The van der Waals surface area contributed by atoms with Gasteiger partial charge in [0.05, 0.1) is 23.8 Å². The Morgan fingerprint density at radius 1 is 1.33 bits per heavy atom. The Hall–Kier alpha value is -1.63. The first-order valence-corrected chi connectivity index (χ1v) is 12.7. The topological polar surface area (TPSA) is 44.1 Å².